The quantitative estimate of drug-likeness (QED) is 0.650. The maximum Gasteiger partial charge on any atom is 0.260 e. The van der Waals surface area contributed by atoms with Crippen LogP contribution in [0.25, 0.3) is 16.6 Å². The molecule has 1 heterocycles. The summed E-state index contributed by atoms with van der Waals surface area (Å²) in [5.74, 6) is 0.219. The fourth-order valence-corrected chi connectivity index (χ4v) is 2.44. The lowest BCUT2D eigenvalue weighted by molar-refractivity contribution is 1.01. The summed E-state index contributed by atoms with van der Waals surface area (Å²) < 4.78 is 1.72. The zero-order valence-electron chi connectivity index (χ0n) is 10.2. The third-order valence-corrected chi connectivity index (χ3v) is 3.43. The molecule has 0 fully saturated rings. The highest BCUT2D eigenvalue weighted by Gasteiger charge is 2.09. The molecule has 2 nitrogen and oxygen atoms in total. The van der Waals surface area contributed by atoms with E-state index in [-0.39, 0.29) is 11.4 Å². The van der Waals surface area contributed by atoms with Crippen molar-refractivity contribution in [2.75, 3.05) is 0 Å². The van der Waals surface area contributed by atoms with Crippen molar-refractivity contribution in [3.63, 3.8) is 0 Å². The molecule has 19 heavy (non-hydrogen) atoms. The molecule has 0 saturated carbocycles. The lowest BCUT2D eigenvalue weighted by Crippen LogP contribution is -2.21. The second-order valence-electron chi connectivity index (χ2n) is 4.34. The van der Waals surface area contributed by atoms with E-state index < -0.39 is 0 Å². The van der Waals surface area contributed by atoms with Crippen LogP contribution in [-0.4, -0.2) is 4.57 Å². The number of nitrogens with zero attached hydrogens (tertiary/aromatic N) is 1. The maximum atomic E-state index is 12.5. The molecule has 0 unspecified atom stereocenters. The standard InChI is InChI=1S/C16H12ClNO/c17-11-13-10-12-6-4-5-9-15(12)18(16(13)19)14-7-2-1-3-8-14/h1-10H,11H2. The molecule has 2 aromatic carbocycles. The minimum atomic E-state index is -0.0556. The van der Waals surface area contributed by atoms with Crippen LogP contribution in [0, 0.1) is 0 Å². The van der Waals surface area contributed by atoms with Gasteiger partial charge in [-0.05, 0) is 29.7 Å². The molecule has 0 bridgehead atoms. The zero-order chi connectivity index (χ0) is 13.2. The van der Waals surface area contributed by atoms with Gasteiger partial charge < -0.3 is 0 Å². The number of pyridine rings is 1. The molecule has 94 valence electrons. The normalized spacial score (nSPS) is 10.8. The summed E-state index contributed by atoms with van der Waals surface area (Å²) >= 11 is 5.88. The number of fused-ring (bicyclic) bond motifs is 1. The fraction of sp³-hybridized carbons (Fsp3) is 0.0625. The number of benzene rings is 2. The van der Waals surface area contributed by atoms with Crippen molar-refractivity contribution in [1.82, 2.24) is 4.57 Å². The van der Waals surface area contributed by atoms with Crippen molar-refractivity contribution in [3.05, 3.63) is 76.6 Å². The van der Waals surface area contributed by atoms with E-state index >= 15 is 0 Å². The first-order valence-electron chi connectivity index (χ1n) is 6.06. The van der Waals surface area contributed by atoms with Crippen molar-refractivity contribution in [2.45, 2.75) is 5.88 Å². The van der Waals surface area contributed by atoms with Crippen LogP contribution in [0.5, 0.6) is 0 Å². The van der Waals surface area contributed by atoms with E-state index in [1.807, 2.05) is 60.7 Å². The smallest absolute Gasteiger partial charge is 0.260 e. The van der Waals surface area contributed by atoms with Crippen LogP contribution in [0.4, 0.5) is 0 Å². The first kappa shape index (κ1) is 12.0. The van der Waals surface area contributed by atoms with Gasteiger partial charge in [0.25, 0.3) is 5.56 Å². The van der Waals surface area contributed by atoms with Gasteiger partial charge in [0.05, 0.1) is 11.4 Å². The minimum Gasteiger partial charge on any atom is -0.277 e. The van der Waals surface area contributed by atoms with E-state index in [0.717, 1.165) is 16.6 Å². The predicted octanol–water partition coefficient (Wildman–Crippen LogP) is 3.73. The summed E-state index contributed by atoms with van der Waals surface area (Å²) in [6.45, 7) is 0. The molecule has 0 spiro atoms. The van der Waals surface area contributed by atoms with Crippen LogP contribution in [0.1, 0.15) is 5.56 Å². The van der Waals surface area contributed by atoms with Gasteiger partial charge in [-0.2, -0.15) is 0 Å². The monoisotopic (exact) mass is 269 g/mol. The maximum absolute atomic E-state index is 12.5. The number of hydrogen-bond acceptors (Lipinski definition) is 1. The third-order valence-electron chi connectivity index (χ3n) is 3.14. The number of hydrogen-bond donors (Lipinski definition) is 0. The predicted molar refractivity (Wildman–Crippen MR) is 79.1 cm³/mol. The van der Waals surface area contributed by atoms with E-state index in [9.17, 15) is 4.79 Å². The minimum absolute atomic E-state index is 0.0556. The summed E-state index contributed by atoms with van der Waals surface area (Å²) in [6.07, 6.45) is 0. The Balaban J connectivity index is 2.45. The molecule has 3 aromatic rings. The molecule has 0 aliphatic heterocycles. The lowest BCUT2D eigenvalue weighted by atomic mass is 10.1. The van der Waals surface area contributed by atoms with Crippen molar-refractivity contribution < 1.29 is 0 Å². The molecule has 0 aliphatic carbocycles. The van der Waals surface area contributed by atoms with Crippen LogP contribution >= 0.6 is 11.6 Å². The molecular weight excluding hydrogens is 258 g/mol. The highest BCUT2D eigenvalue weighted by molar-refractivity contribution is 6.17. The molecule has 0 radical (unpaired) electrons. The summed E-state index contributed by atoms with van der Waals surface area (Å²) in [4.78, 5) is 12.5. The van der Waals surface area contributed by atoms with E-state index in [0.29, 0.717) is 5.56 Å². The number of halogens is 1. The third kappa shape index (κ3) is 2.04. The Morgan fingerprint density at radius 3 is 2.37 bits per heavy atom. The van der Waals surface area contributed by atoms with Crippen molar-refractivity contribution >= 4 is 22.5 Å². The second kappa shape index (κ2) is 4.90. The van der Waals surface area contributed by atoms with Gasteiger partial charge >= 0.3 is 0 Å². The molecule has 0 aliphatic rings. The highest BCUT2D eigenvalue weighted by atomic mass is 35.5. The second-order valence-corrected chi connectivity index (χ2v) is 4.61. The Morgan fingerprint density at radius 1 is 0.947 bits per heavy atom. The molecule has 1 aromatic heterocycles. The summed E-state index contributed by atoms with van der Waals surface area (Å²) in [5, 5.41) is 1.02. The summed E-state index contributed by atoms with van der Waals surface area (Å²) in [7, 11) is 0. The highest BCUT2D eigenvalue weighted by Crippen LogP contribution is 2.18. The van der Waals surface area contributed by atoms with E-state index in [4.69, 9.17) is 11.6 Å². The van der Waals surface area contributed by atoms with Gasteiger partial charge in [-0.1, -0.05) is 36.4 Å². The van der Waals surface area contributed by atoms with Crippen LogP contribution in [0.3, 0.4) is 0 Å². The largest absolute Gasteiger partial charge is 0.277 e. The lowest BCUT2D eigenvalue weighted by Gasteiger charge is -2.12. The average Bonchev–Trinajstić information content (AvgIpc) is 2.47. The van der Waals surface area contributed by atoms with Gasteiger partial charge in [0, 0.05) is 11.3 Å². The van der Waals surface area contributed by atoms with E-state index in [2.05, 4.69) is 0 Å². The van der Waals surface area contributed by atoms with Gasteiger partial charge in [0.1, 0.15) is 0 Å². The van der Waals surface area contributed by atoms with Crippen molar-refractivity contribution in [2.24, 2.45) is 0 Å². The Morgan fingerprint density at radius 2 is 1.63 bits per heavy atom. The topological polar surface area (TPSA) is 22.0 Å². The van der Waals surface area contributed by atoms with Crippen LogP contribution < -0.4 is 5.56 Å². The Hall–Kier alpha value is -2.06. The average molecular weight is 270 g/mol. The zero-order valence-corrected chi connectivity index (χ0v) is 11.0. The van der Waals surface area contributed by atoms with Crippen LogP contribution in [0.2, 0.25) is 0 Å². The van der Waals surface area contributed by atoms with Gasteiger partial charge in [-0.25, -0.2) is 0 Å². The van der Waals surface area contributed by atoms with Crippen molar-refractivity contribution in [3.8, 4) is 5.69 Å². The van der Waals surface area contributed by atoms with Crippen LogP contribution in [0.15, 0.2) is 65.5 Å². The molecular formula is C16H12ClNO. The Labute approximate surface area is 115 Å². The molecule has 3 heteroatoms. The molecule has 3 rings (SSSR count). The SMILES string of the molecule is O=c1c(CCl)cc2ccccc2n1-c1ccccc1. The van der Waals surface area contributed by atoms with E-state index in [1.165, 1.54) is 0 Å². The first-order valence-corrected chi connectivity index (χ1v) is 6.60. The van der Waals surface area contributed by atoms with Gasteiger partial charge in [-0.15, -0.1) is 11.6 Å². The Bertz CT molecular complexity index is 778. The summed E-state index contributed by atoms with van der Waals surface area (Å²) in [6, 6.07) is 19.3. The molecule has 0 amide bonds. The molecule has 0 atom stereocenters. The first-order chi connectivity index (χ1) is 9.31. The number of rotatable bonds is 2. The Kier molecular flexibility index (Phi) is 3.10. The summed E-state index contributed by atoms with van der Waals surface area (Å²) in [5.41, 5.74) is 2.31. The number of aromatic nitrogens is 1. The van der Waals surface area contributed by atoms with E-state index in [1.54, 1.807) is 4.57 Å². The van der Waals surface area contributed by atoms with Crippen LogP contribution in [-0.2, 0) is 5.88 Å². The molecule has 0 N–H and O–H groups in total. The van der Waals surface area contributed by atoms with Gasteiger partial charge in [0.15, 0.2) is 0 Å². The number of para-hydroxylation sites is 2. The molecule has 0 saturated heterocycles. The van der Waals surface area contributed by atoms with Gasteiger partial charge in [0.2, 0.25) is 0 Å². The van der Waals surface area contributed by atoms with Gasteiger partial charge in [-0.3, -0.25) is 9.36 Å². The van der Waals surface area contributed by atoms with Crippen molar-refractivity contribution in [1.29, 1.82) is 0 Å². The number of alkyl halides is 1. The fourth-order valence-electron chi connectivity index (χ4n) is 2.24.